The zero-order valence-electron chi connectivity index (χ0n) is 30.2. The second-order valence-electron chi connectivity index (χ2n) is 12.9. The van der Waals surface area contributed by atoms with E-state index in [2.05, 4.69) is 65.9 Å². The summed E-state index contributed by atoms with van der Waals surface area (Å²) < 4.78 is 0. The summed E-state index contributed by atoms with van der Waals surface area (Å²) in [4.78, 5) is 0. The molecule has 0 spiro atoms. The number of allylic oxidation sites excluding steroid dienone is 6. The zero-order valence-corrected chi connectivity index (χ0v) is 30.2. The van der Waals surface area contributed by atoms with Crippen molar-refractivity contribution >= 4 is 0 Å². The van der Waals surface area contributed by atoms with Gasteiger partial charge in [-0.25, -0.2) is 0 Å². The molecule has 0 aliphatic rings. The van der Waals surface area contributed by atoms with Gasteiger partial charge in [0.2, 0.25) is 0 Å². The molecule has 2 nitrogen and oxygen atoms in total. The van der Waals surface area contributed by atoms with Gasteiger partial charge in [0.25, 0.3) is 0 Å². The van der Waals surface area contributed by atoms with Crippen LogP contribution in [0.3, 0.4) is 0 Å². The summed E-state index contributed by atoms with van der Waals surface area (Å²) in [5.41, 5.74) is 0. The van der Waals surface area contributed by atoms with Gasteiger partial charge in [0.1, 0.15) is 6.10 Å². The summed E-state index contributed by atoms with van der Waals surface area (Å²) in [6, 6.07) is 0. The van der Waals surface area contributed by atoms with E-state index < -0.39 is 12.2 Å². The standard InChI is InChI=1S/C45H70O2/c1-3-5-6-7-8-9-10-11-12-13-14-15-16-17-18-19-20-21-22-23-24-25-26-27-28-29-33-36-39-42-45(47)43-40-37-34-31-30-32-35-38-41-44(46)4-2/h1-2,5-6,20-21,26-27,44-47H,7-19,22-25,28-38,41H2/b6-5-,21-20-,27-26-/t44-,45-/m1/s1. The van der Waals surface area contributed by atoms with E-state index in [1.54, 1.807) is 0 Å². The topological polar surface area (TPSA) is 40.5 Å². The summed E-state index contributed by atoms with van der Waals surface area (Å²) >= 11 is 0. The van der Waals surface area contributed by atoms with Crippen molar-refractivity contribution in [3.8, 4) is 48.4 Å². The molecule has 0 aromatic rings. The molecule has 0 aromatic heterocycles. The van der Waals surface area contributed by atoms with Gasteiger partial charge in [-0.15, -0.1) is 12.8 Å². The maximum Gasteiger partial charge on any atom is 0.176 e. The van der Waals surface area contributed by atoms with E-state index in [4.69, 9.17) is 12.8 Å². The van der Waals surface area contributed by atoms with Crippen molar-refractivity contribution in [1.29, 1.82) is 0 Å². The molecule has 0 amide bonds. The Bertz CT molecular complexity index is 964. The minimum atomic E-state index is -0.822. The molecule has 0 saturated carbocycles. The fraction of sp³-hybridized carbons (Fsp3) is 0.689. The van der Waals surface area contributed by atoms with Crippen LogP contribution in [-0.2, 0) is 0 Å². The molecule has 262 valence electrons. The highest BCUT2D eigenvalue weighted by Gasteiger charge is 1.98. The highest BCUT2D eigenvalue weighted by atomic mass is 16.3. The summed E-state index contributed by atoms with van der Waals surface area (Å²) in [6.07, 6.45) is 57.2. The zero-order chi connectivity index (χ0) is 34.1. The smallest absolute Gasteiger partial charge is 0.176 e. The highest BCUT2D eigenvalue weighted by molar-refractivity contribution is 5.19. The number of hydrogen-bond donors (Lipinski definition) is 2. The van der Waals surface area contributed by atoms with Gasteiger partial charge in [0.05, 0.1) is 0 Å². The third-order valence-corrected chi connectivity index (χ3v) is 8.40. The molecule has 0 fully saturated rings. The molecule has 2 N–H and O–H groups in total. The van der Waals surface area contributed by atoms with E-state index in [0.717, 1.165) is 64.2 Å². The van der Waals surface area contributed by atoms with E-state index in [-0.39, 0.29) is 0 Å². The van der Waals surface area contributed by atoms with Gasteiger partial charge in [-0.2, -0.15) is 0 Å². The Balaban J connectivity index is 3.40. The normalized spacial score (nSPS) is 12.4. The van der Waals surface area contributed by atoms with E-state index in [9.17, 15) is 10.2 Å². The number of terminal acetylenes is 2. The molecule has 0 aliphatic carbocycles. The van der Waals surface area contributed by atoms with Gasteiger partial charge in [0.15, 0.2) is 6.10 Å². The fourth-order valence-corrected chi connectivity index (χ4v) is 5.45. The Morgan fingerprint density at radius 3 is 1.21 bits per heavy atom. The van der Waals surface area contributed by atoms with Crippen LogP contribution in [0, 0.1) is 48.4 Å². The maximum absolute atomic E-state index is 9.91. The van der Waals surface area contributed by atoms with Crippen molar-refractivity contribution in [3.05, 3.63) is 36.5 Å². The molecule has 2 atom stereocenters. The van der Waals surface area contributed by atoms with Gasteiger partial charge in [-0.1, -0.05) is 149 Å². The lowest BCUT2D eigenvalue weighted by atomic mass is 10.0. The summed E-state index contributed by atoms with van der Waals surface area (Å²) in [7, 11) is 0. The van der Waals surface area contributed by atoms with Crippen LogP contribution in [0.15, 0.2) is 36.5 Å². The van der Waals surface area contributed by atoms with Crippen LogP contribution in [0.25, 0.3) is 0 Å². The molecular weight excluding hydrogens is 572 g/mol. The van der Waals surface area contributed by atoms with Crippen LogP contribution in [0.2, 0.25) is 0 Å². The van der Waals surface area contributed by atoms with Crippen molar-refractivity contribution in [2.24, 2.45) is 0 Å². The Hall–Kier alpha value is -2.62. The lowest BCUT2D eigenvalue weighted by molar-refractivity contribution is 0.217. The number of rotatable bonds is 31. The number of hydrogen-bond acceptors (Lipinski definition) is 2. The molecule has 0 heterocycles. The first kappa shape index (κ1) is 44.4. The average Bonchev–Trinajstić information content (AvgIpc) is 3.08. The van der Waals surface area contributed by atoms with Crippen LogP contribution < -0.4 is 0 Å². The van der Waals surface area contributed by atoms with Gasteiger partial charge in [0, 0.05) is 12.8 Å². The molecule has 47 heavy (non-hydrogen) atoms. The van der Waals surface area contributed by atoms with E-state index in [1.807, 2.05) is 6.08 Å². The van der Waals surface area contributed by atoms with Gasteiger partial charge < -0.3 is 10.2 Å². The van der Waals surface area contributed by atoms with Crippen molar-refractivity contribution < 1.29 is 10.2 Å². The Labute approximate surface area is 292 Å². The van der Waals surface area contributed by atoms with Crippen LogP contribution in [0.1, 0.15) is 186 Å². The lowest BCUT2D eigenvalue weighted by Crippen LogP contribution is -2.01. The summed E-state index contributed by atoms with van der Waals surface area (Å²) in [5.74, 6) is 16.8. The van der Waals surface area contributed by atoms with Crippen molar-refractivity contribution in [3.63, 3.8) is 0 Å². The molecule has 0 unspecified atom stereocenters. The second kappa shape index (κ2) is 39.6. The quantitative estimate of drug-likeness (QED) is 0.0449. The van der Waals surface area contributed by atoms with Crippen molar-refractivity contribution in [2.75, 3.05) is 0 Å². The monoisotopic (exact) mass is 643 g/mol. The molecular formula is C45H70O2. The molecule has 0 bridgehead atoms. The second-order valence-corrected chi connectivity index (χ2v) is 12.9. The summed E-state index contributed by atoms with van der Waals surface area (Å²) in [5, 5.41) is 19.2. The Kier molecular flexibility index (Phi) is 37.4. The van der Waals surface area contributed by atoms with E-state index in [0.29, 0.717) is 6.42 Å². The Morgan fingerprint density at radius 2 is 0.766 bits per heavy atom. The predicted octanol–water partition coefficient (Wildman–Crippen LogP) is 12.0. The molecule has 0 saturated heterocycles. The first-order chi connectivity index (χ1) is 23.2. The molecule has 0 aliphatic heterocycles. The molecule has 0 aromatic carbocycles. The number of unbranched alkanes of at least 4 members (excludes halogenated alkanes) is 24. The first-order valence-corrected chi connectivity index (χ1v) is 19.4. The van der Waals surface area contributed by atoms with Crippen molar-refractivity contribution in [1.82, 2.24) is 0 Å². The number of aliphatic hydroxyl groups is 2. The third kappa shape index (κ3) is 39.5. The largest absolute Gasteiger partial charge is 0.380 e. The fourth-order valence-electron chi connectivity index (χ4n) is 5.45. The minimum absolute atomic E-state index is 0.587. The first-order valence-electron chi connectivity index (χ1n) is 19.4. The lowest BCUT2D eigenvalue weighted by Gasteiger charge is -2.02. The van der Waals surface area contributed by atoms with Crippen LogP contribution in [0.5, 0.6) is 0 Å². The average molecular weight is 643 g/mol. The van der Waals surface area contributed by atoms with Crippen molar-refractivity contribution in [2.45, 2.75) is 198 Å². The van der Waals surface area contributed by atoms with Crippen LogP contribution >= 0.6 is 0 Å². The van der Waals surface area contributed by atoms with Crippen LogP contribution in [-0.4, -0.2) is 22.4 Å². The molecule has 0 radical (unpaired) electrons. The SMILES string of the molecule is C#C/C=C\CCCCCCCCCCCCC/C=C\CCCC/C=C\CCCCC#C[C@@H](O)C#CCCCCCCCC[C@H](O)C#C. The van der Waals surface area contributed by atoms with Gasteiger partial charge in [-0.3, -0.25) is 0 Å². The highest BCUT2D eigenvalue weighted by Crippen LogP contribution is 2.13. The van der Waals surface area contributed by atoms with E-state index in [1.165, 1.54) is 116 Å². The van der Waals surface area contributed by atoms with Crippen LogP contribution in [0.4, 0.5) is 0 Å². The molecule has 2 heteroatoms. The molecule has 0 rings (SSSR count). The minimum Gasteiger partial charge on any atom is -0.380 e. The van der Waals surface area contributed by atoms with Gasteiger partial charge >= 0.3 is 0 Å². The van der Waals surface area contributed by atoms with Gasteiger partial charge in [-0.05, 0) is 96.0 Å². The summed E-state index contributed by atoms with van der Waals surface area (Å²) in [6.45, 7) is 0. The predicted molar refractivity (Wildman–Crippen MR) is 207 cm³/mol. The maximum atomic E-state index is 9.91. The Morgan fingerprint density at radius 1 is 0.426 bits per heavy atom. The third-order valence-electron chi connectivity index (χ3n) is 8.40. The number of aliphatic hydroxyl groups excluding tert-OH is 2. The van der Waals surface area contributed by atoms with E-state index >= 15 is 0 Å².